The Morgan fingerprint density at radius 2 is 2.04 bits per heavy atom. The van der Waals surface area contributed by atoms with E-state index in [4.69, 9.17) is 14.2 Å². The van der Waals surface area contributed by atoms with Crippen molar-refractivity contribution >= 4 is 17.2 Å². The molecule has 140 valence electrons. The van der Waals surface area contributed by atoms with Crippen molar-refractivity contribution in [2.45, 2.75) is 26.0 Å². The van der Waals surface area contributed by atoms with Crippen molar-refractivity contribution in [2.75, 3.05) is 27.4 Å². The summed E-state index contributed by atoms with van der Waals surface area (Å²) in [4.78, 5) is 18.9. The predicted octanol–water partition coefficient (Wildman–Crippen LogP) is 3.12. The molecule has 6 nitrogen and oxygen atoms in total. The lowest BCUT2D eigenvalue weighted by Gasteiger charge is -2.21. The zero-order valence-electron chi connectivity index (χ0n) is 15.1. The van der Waals surface area contributed by atoms with E-state index in [-0.39, 0.29) is 11.8 Å². The van der Waals surface area contributed by atoms with Crippen LogP contribution in [0.15, 0.2) is 29.6 Å². The summed E-state index contributed by atoms with van der Waals surface area (Å²) < 4.78 is 16.2. The van der Waals surface area contributed by atoms with Crippen LogP contribution in [0.3, 0.4) is 0 Å². The van der Waals surface area contributed by atoms with Gasteiger partial charge in [-0.25, -0.2) is 4.98 Å². The Morgan fingerprint density at radius 3 is 2.73 bits per heavy atom. The molecule has 1 aromatic heterocycles. The van der Waals surface area contributed by atoms with Crippen molar-refractivity contribution in [3.8, 4) is 11.5 Å². The average Bonchev–Trinajstić information content (AvgIpc) is 3.43. The largest absolute Gasteiger partial charge is 0.493 e. The first-order valence-electron chi connectivity index (χ1n) is 8.68. The van der Waals surface area contributed by atoms with Gasteiger partial charge in [-0.05, 0) is 25.0 Å². The lowest BCUT2D eigenvalue weighted by atomic mass is 10.3. The highest BCUT2D eigenvalue weighted by Crippen LogP contribution is 2.31. The highest BCUT2D eigenvalue weighted by Gasteiger charge is 2.33. The first-order chi connectivity index (χ1) is 12.7. The maximum Gasteiger partial charge on any atom is 0.226 e. The molecule has 1 fully saturated rings. The number of amides is 1. The Bertz CT molecular complexity index is 730. The van der Waals surface area contributed by atoms with Crippen molar-refractivity contribution < 1.29 is 19.0 Å². The molecule has 26 heavy (non-hydrogen) atoms. The minimum absolute atomic E-state index is 0.193. The minimum Gasteiger partial charge on any atom is -0.493 e. The Balaban J connectivity index is 1.58. The van der Waals surface area contributed by atoms with Gasteiger partial charge in [-0.15, -0.1) is 11.3 Å². The van der Waals surface area contributed by atoms with Crippen molar-refractivity contribution in [2.24, 2.45) is 5.92 Å². The fourth-order valence-electron chi connectivity index (χ4n) is 2.62. The molecule has 1 saturated carbocycles. The second-order valence-corrected chi connectivity index (χ2v) is 7.14. The maximum atomic E-state index is 12.4. The number of rotatable bonds is 10. The van der Waals surface area contributed by atoms with Crippen LogP contribution < -0.4 is 9.47 Å². The van der Waals surface area contributed by atoms with E-state index in [1.54, 1.807) is 14.2 Å². The Labute approximate surface area is 157 Å². The van der Waals surface area contributed by atoms with Gasteiger partial charge in [0.15, 0.2) is 11.5 Å². The van der Waals surface area contributed by atoms with E-state index in [1.165, 1.54) is 11.3 Å². The number of nitrogens with zero attached hydrogens (tertiary/aromatic N) is 2. The molecule has 7 heteroatoms. The Kier molecular flexibility index (Phi) is 6.46. The van der Waals surface area contributed by atoms with E-state index in [2.05, 4.69) is 4.98 Å². The summed E-state index contributed by atoms with van der Waals surface area (Å²) in [6.45, 7) is 2.02. The second kappa shape index (κ2) is 9.00. The fraction of sp³-hybridized carbons (Fsp3) is 0.474. The third kappa shape index (κ3) is 4.95. The van der Waals surface area contributed by atoms with Gasteiger partial charge in [-0.3, -0.25) is 4.79 Å². The van der Waals surface area contributed by atoms with Crippen LogP contribution in [-0.2, 0) is 22.7 Å². The molecular formula is C19H24N2O4S. The van der Waals surface area contributed by atoms with E-state index in [0.717, 1.165) is 23.5 Å². The average molecular weight is 376 g/mol. The number of carbonyl (C=O) groups excluding carboxylic acids is 1. The molecule has 1 heterocycles. The van der Waals surface area contributed by atoms with E-state index >= 15 is 0 Å². The number of hydrogen-bond acceptors (Lipinski definition) is 6. The summed E-state index contributed by atoms with van der Waals surface area (Å²) >= 11 is 1.54. The van der Waals surface area contributed by atoms with Gasteiger partial charge in [0.05, 0.1) is 26.0 Å². The van der Waals surface area contributed by atoms with Gasteiger partial charge in [0.1, 0.15) is 11.6 Å². The fourth-order valence-corrected chi connectivity index (χ4v) is 3.31. The molecule has 0 atom stereocenters. The van der Waals surface area contributed by atoms with Crippen LogP contribution in [0.5, 0.6) is 11.5 Å². The number of benzene rings is 1. The van der Waals surface area contributed by atoms with Gasteiger partial charge in [0.2, 0.25) is 5.91 Å². The number of para-hydroxylation sites is 2. The molecule has 0 saturated heterocycles. The van der Waals surface area contributed by atoms with Crippen LogP contribution in [-0.4, -0.2) is 43.2 Å². The molecule has 0 aliphatic heterocycles. The first kappa shape index (κ1) is 18.7. The standard InChI is InChI=1S/C19H24N2O4S/c1-23-10-9-21(19(22)14-7-8-14)11-15-13-26-18(20-15)12-25-17-6-4-3-5-16(17)24-2/h3-6,13-14H,7-12H2,1-2H3. The summed E-state index contributed by atoms with van der Waals surface area (Å²) in [6.07, 6.45) is 1.99. The van der Waals surface area contributed by atoms with Crippen LogP contribution in [0.25, 0.3) is 0 Å². The van der Waals surface area contributed by atoms with Crippen LogP contribution in [0, 0.1) is 5.92 Å². The van der Waals surface area contributed by atoms with Crippen molar-refractivity contribution in [1.82, 2.24) is 9.88 Å². The predicted molar refractivity (Wildman–Crippen MR) is 99.5 cm³/mol. The van der Waals surface area contributed by atoms with Crippen LogP contribution in [0.2, 0.25) is 0 Å². The highest BCUT2D eigenvalue weighted by molar-refractivity contribution is 7.09. The zero-order valence-corrected chi connectivity index (χ0v) is 16.0. The third-order valence-corrected chi connectivity index (χ3v) is 5.05. The number of thiazole rings is 1. The Hall–Kier alpha value is -2.12. The van der Waals surface area contributed by atoms with Crippen molar-refractivity contribution in [3.63, 3.8) is 0 Å². The molecule has 1 amide bonds. The summed E-state index contributed by atoms with van der Waals surface area (Å²) in [5.41, 5.74) is 0.888. The molecule has 0 unspecified atom stereocenters. The second-order valence-electron chi connectivity index (χ2n) is 6.20. The normalized spacial score (nSPS) is 13.5. The number of ether oxygens (including phenoxy) is 3. The summed E-state index contributed by atoms with van der Waals surface area (Å²) in [6, 6.07) is 7.54. The van der Waals surface area contributed by atoms with Gasteiger partial charge < -0.3 is 19.1 Å². The molecule has 0 spiro atoms. The molecule has 2 aromatic rings. The number of carbonyl (C=O) groups is 1. The number of hydrogen-bond donors (Lipinski definition) is 0. The summed E-state index contributed by atoms with van der Waals surface area (Å²) in [7, 11) is 3.27. The monoisotopic (exact) mass is 376 g/mol. The SMILES string of the molecule is COCCN(Cc1csc(COc2ccccc2OC)n1)C(=O)C1CC1. The van der Waals surface area contributed by atoms with E-state index in [0.29, 0.717) is 37.8 Å². The van der Waals surface area contributed by atoms with E-state index < -0.39 is 0 Å². The zero-order chi connectivity index (χ0) is 18.4. The smallest absolute Gasteiger partial charge is 0.226 e. The highest BCUT2D eigenvalue weighted by atomic mass is 32.1. The van der Waals surface area contributed by atoms with Gasteiger partial charge >= 0.3 is 0 Å². The van der Waals surface area contributed by atoms with Crippen molar-refractivity contribution in [3.05, 3.63) is 40.3 Å². The molecule has 0 N–H and O–H groups in total. The molecule has 1 aliphatic carbocycles. The minimum atomic E-state index is 0.193. The third-order valence-electron chi connectivity index (χ3n) is 4.18. The Morgan fingerprint density at radius 1 is 1.27 bits per heavy atom. The summed E-state index contributed by atoms with van der Waals surface area (Å²) in [5.74, 6) is 1.79. The lowest BCUT2D eigenvalue weighted by Crippen LogP contribution is -2.34. The van der Waals surface area contributed by atoms with E-state index in [9.17, 15) is 4.79 Å². The van der Waals surface area contributed by atoms with Gasteiger partial charge in [-0.2, -0.15) is 0 Å². The first-order valence-corrected chi connectivity index (χ1v) is 9.56. The molecule has 0 radical (unpaired) electrons. The number of methoxy groups -OCH3 is 2. The number of aromatic nitrogens is 1. The topological polar surface area (TPSA) is 60.9 Å². The van der Waals surface area contributed by atoms with Gasteiger partial charge in [0, 0.05) is 25.0 Å². The van der Waals surface area contributed by atoms with Crippen LogP contribution >= 0.6 is 11.3 Å². The summed E-state index contributed by atoms with van der Waals surface area (Å²) in [5, 5.41) is 2.86. The van der Waals surface area contributed by atoms with Gasteiger partial charge in [-0.1, -0.05) is 12.1 Å². The van der Waals surface area contributed by atoms with E-state index in [1.807, 2.05) is 34.5 Å². The molecule has 0 bridgehead atoms. The van der Waals surface area contributed by atoms with Crippen LogP contribution in [0.1, 0.15) is 23.5 Å². The van der Waals surface area contributed by atoms with Crippen molar-refractivity contribution in [1.29, 1.82) is 0 Å². The maximum absolute atomic E-state index is 12.4. The van der Waals surface area contributed by atoms with Crippen LogP contribution in [0.4, 0.5) is 0 Å². The molecule has 1 aliphatic rings. The lowest BCUT2D eigenvalue weighted by molar-refractivity contribution is -0.133. The molecule has 3 rings (SSSR count). The van der Waals surface area contributed by atoms with Gasteiger partial charge in [0.25, 0.3) is 0 Å². The molecule has 1 aromatic carbocycles. The quantitative estimate of drug-likeness (QED) is 0.638. The molecular weight excluding hydrogens is 352 g/mol.